The molecule has 0 spiro atoms. The molecule has 0 N–H and O–H groups in total. The van der Waals surface area contributed by atoms with Crippen LogP contribution in [0.3, 0.4) is 0 Å². The highest BCUT2D eigenvalue weighted by atomic mass is 31.2. The van der Waals surface area contributed by atoms with Crippen molar-refractivity contribution in [2.75, 3.05) is 34.3 Å². The predicted octanol–water partition coefficient (Wildman–Crippen LogP) is 6.36. The molecule has 6 heteroatoms. The largest absolute Gasteiger partial charge is 0.500 e. The highest BCUT2D eigenvalue weighted by Crippen LogP contribution is 2.59. The molecule has 188 valence electrons. The summed E-state index contributed by atoms with van der Waals surface area (Å²) in [7, 11) is 5.35. The summed E-state index contributed by atoms with van der Waals surface area (Å²) in [5.74, 6) is 5.03. The van der Waals surface area contributed by atoms with Crippen molar-refractivity contribution in [1.82, 2.24) is 0 Å². The van der Waals surface area contributed by atoms with Gasteiger partial charge in [-0.1, -0.05) is 73.7 Å². The second-order valence-electron chi connectivity index (χ2n) is 8.51. The van der Waals surface area contributed by atoms with Gasteiger partial charge >= 0.3 is 0 Å². The second-order valence-corrected chi connectivity index (χ2v) is 13.3. The molecule has 0 saturated carbocycles. The Kier molecular flexibility index (Phi) is 9.08. The molecule has 0 saturated heterocycles. The third-order valence-electron chi connectivity index (χ3n) is 6.39. The minimum atomic E-state index is -0.848. The molecule has 3 aromatic rings. The zero-order valence-corrected chi connectivity index (χ0v) is 23.4. The highest BCUT2D eigenvalue weighted by Gasteiger charge is 2.32. The number of methoxy groups -OCH3 is 4. The van der Waals surface area contributed by atoms with Gasteiger partial charge in [-0.05, 0) is 40.5 Å². The summed E-state index contributed by atoms with van der Waals surface area (Å²) in [6.07, 6.45) is 5.53. The molecular weight excluding hydrogens is 486 g/mol. The first-order valence-electron chi connectivity index (χ1n) is 12.0. The number of rotatable bonds is 10. The van der Waals surface area contributed by atoms with Gasteiger partial charge in [-0.2, -0.15) is 0 Å². The SMILES string of the molecule is COC1=C(P(CP(c2ccccc2OC)c2ccccc2OC)c2ccccc2OC)C=CCC1C. The molecule has 4 rings (SSSR count). The molecule has 0 amide bonds. The summed E-state index contributed by atoms with van der Waals surface area (Å²) < 4.78 is 23.6. The molecule has 0 aromatic heterocycles. The van der Waals surface area contributed by atoms with Crippen LogP contribution in [0.25, 0.3) is 0 Å². The first kappa shape index (κ1) is 26.3. The first-order chi connectivity index (χ1) is 17.6. The van der Waals surface area contributed by atoms with Gasteiger partial charge in [0, 0.05) is 33.0 Å². The van der Waals surface area contributed by atoms with Crippen LogP contribution in [0.4, 0.5) is 0 Å². The molecule has 3 aromatic carbocycles. The Hall–Kier alpha value is -2.80. The van der Waals surface area contributed by atoms with E-state index in [4.69, 9.17) is 18.9 Å². The monoisotopic (exact) mass is 520 g/mol. The lowest BCUT2D eigenvalue weighted by molar-refractivity contribution is 0.245. The van der Waals surface area contributed by atoms with E-state index in [9.17, 15) is 0 Å². The number of hydrogen-bond donors (Lipinski definition) is 0. The van der Waals surface area contributed by atoms with Crippen LogP contribution in [0.2, 0.25) is 0 Å². The molecule has 2 unspecified atom stereocenters. The normalized spacial score (nSPS) is 16.1. The maximum atomic E-state index is 6.04. The van der Waals surface area contributed by atoms with Crippen LogP contribution >= 0.6 is 15.8 Å². The van der Waals surface area contributed by atoms with Gasteiger partial charge < -0.3 is 18.9 Å². The fraction of sp³-hybridized carbons (Fsp3) is 0.267. The summed E-state index contributed by atoms with van der Waals surface area (Å²) in [5.41, 5.74) is 0. The molecule has 2 atom stereocenters. The Morgan fingerprint density at radius 3 is 1.53 bits per heavy atom. The zero-order valence-electron chi connectivity index (χ0n) is 21.6. The lowest BCUT2D eigenvalue weighted by atomic mass is 10.0. The number of ether oxygens (including phenoxy) is 4. The average molecular weight is 521 g/mol. The van der Waals surface area contributed by atoms with Gasteiger partial charge in [0.05, 0.1) is 28.4 Å². The van der Waals surface area contributed by atoms with Gasteiger partial charge in [-0.15, -0.1) is 0 Å². The van der Waals surface area contributed by atoms with Gasteiger partial charge in [-0.3, -0.25) is 0 Å². The zero-order chi connectivity index (χ0) is 25.5. The number of hydrogen-bond acceptors (Lipinski definition) is 4. The van der Waals surface area contributed by atoms with Crippen LogP contribution in [-0.4, -0.2) is 34.3 Å². The van der Waals surface area contributed by atoms with E-state index in [1.54, 1.807) is 28.4 Å². The average Bonchev–Trinajstić information content (AvgIpc) is 2.93. The van der Waals surface area contributed by atoms with Crippen molar-refractivity contribution >= 4 is 31.8 Å². The van der Waals surface area contributed by atoms with Gasteiger partial charge in [-0.25, -0.2) is 0 Å². The summed E-state index contributed by atoms with van der Waals surface area (Å²) in [4.78, 5) is 0. The van der Waals surface area contributed by atoms with Crippen LogP contribution in [0.5, 0.6) is 17.2 Å². The minimum absolute atomic E-state index is 0.332. The van der Waals surface area contributed by atoms with Crippen molar-refractivity contribution in [2.24, 2.45) is 5.92 Å². The Bertz CT molecular complexity index is 1190. The molecule has 0 fully saturated rings. The molecule has 0 aliphatic heterocycles. The fourth-order valence-corrected chi connectivity index (χ4v) is 11.7. The molecule has 36 heavy (non-hydrogen) atoms. The molecule has 0 radical (unpaired) electrons. The van der Waals surface area contributed by atoms with Crippen LogP contribution in [0.1, 0.15) is 13.3 Å². The standard InChI is InChI=1S/C30H34O4P2/c1-22-13-12-20-29(30(22)34-5)36(28-19-11-8-16-25(28)33-4)21-35(26-17-9-6-14-23(26)31-2)27-18-10-7-15-24(27)32-3/h6-12,14-20,22H,13,21H2,1-5H3. The van der Waals surface area contributed by atoms with E-state index in [0.29, 0.717) is 5.92 Å². The topological polar surface area (TPSA) is 36.9 Å². The van der Waals surface area contributed by atoms with Crippen LogP contribution in [-0.2, 0) is 4.74 Å². The van der Waals surface area contributed by atoms with E-state index in [-0.39, 0.29) is 0 Å². The van der Waals surface area contributed by atoms with Gasteiger partial charge in [0.25, 0.3) is 0 Å². The second kappa shape index (κ2) is 12.4. The summed E-state index contributed by atoms with van der Waals surface area (Å²) in [5, 5.41) is 4.90. The molecule has 1 aliphatic rings. The van der Waals surface area contributed by atoms with E-state index in [1.807, 2.05) is 30.3 Å². The van der Waals surface area contributed by atoms with Crippen molar-refractivity contribution in [2.45, 2.75) is 13.3 Å². The Morgan fingerprint density at radius 2 is 1.08 bits per heavy atom. The molecule has 0 heterocycles. The van der Waals surface area contributed by atoms with E-state index < -0.39 is 15.8 Å². The quantitative estimate of drug-likeness (QED) is 0.292. The predicted molar refractivity (Wildman–Crippen MR) is 154 cm³/mol. The van der Waals surface area contributed by atoms with E-state index in [2.05, 4.69) is 61.5 Å². The summed E-state index contributed by atoms with van der Waals surface area (Å²) in [6, 6.07) is 25.1. The van der Waals surface area contributed by atoms with Crippen LogP contribution in [0.15, 0.2) is 96.0 Å². The van der Waals surface area contributed by atoms with Crippen molar-refractivity contribution in [3.63, 3.8) is 0 Å². The van der Waals surface area contributed by atoms with E-state index in [1.165, 1.54) is 21.2 Å². The smallest absolute Gasteiger partial charge is 0.126 e. The van der Waals surface area contributed by atoms with Crippen LogP contribution in [0, 0.1) is 5.92 Å². The molecule has 1 aliphatic carbocycles. The number of benzene rings is 3. The van der Waals surface area contributed by atoms with Crippen LogP contribution < -0.4 is 30.1 Å². The van der Waals surface area contributed by atoms with Gasteiger partial charge in [0.1, 0.15) is 23.0 Å². The van der Waals surface area contributed by atoms with Gasteiger partial charge in [0.15, 0.2) is 0 Å². The molecule has 4 nitrogen and oxygen atoms in total. The lowest BCUT2D eigenvalue weighted by Crippen LogP contribution is -2.20. The maximum absolute atomic E-state index is 6.04. The van der Waals surface area contributed by atoms with Gasteiger partial charge in [0.2, 0.25) is 0 Å². The third-order valence-corrected chi connectivity index (χ3v) is 12.5. The molecular formula is C30H34O4P2. The lowest BCUT2D eigenvalue weighted by Gasteiger charge is -2.32. The number of para-hydroxylation sites is 3. The first-order valence-corrected chi connectivity index (χ1v) is 15.1. The minimum Gasteiger partial charge on any atom is -0.500 e. The summed E-state index contributed by atoms with van der Waals surface area (Å²) in [6.45, 7) is 2.24. The number of allylic oxidation sites excluding steroid dienone is 4. The Labute approximate surface area is 217 Å². The summed E-state index contributed by atoms with van der Waals surface area (Å²) >= 11 is 0. The van der Waals surface area contributed by atoms with Crippen molar-refractivity contribution in [3.8, 4) is 17.2 Å². The maximum Gasteiger partial charge on any atom is 0.126 e. The van der Waals surface area contributed by atoms with Crippen molar-refractivity contribution in [3.05, 3.63) is 96.0 Å². The van der Waals surface area contributed by atoms with E-state index in [0.717, 1.165) is 35.3 Å². The van der Waals surface area contributed by atoms with Crippen molar-refractivity contribution in [1.29, 1.82) is 0 Å². The highest BCUT2D eigenvalue weighted by molar-refractivity contribution is 7.87. The van der Waals surface area contributed by atoms with Crippen molar-refractivity contribution < 1.29 is 18.9 Å². The Balaban J connectivity index is 1.95. The van der Waals surface area contributed by atoms with E-state index >= 15 is 0 Å². The fourth-order valence-electron chi connectivity index (χ4n) is 4.62. The molecule has 0 bridgehead atoms. The Morgan fingerprint density at radius 1 is 0.639 bits per heavy atom. The third kappa shape index (κ3) is 5.46.